The molecule has 1 aliphatic heterocycles. The van der Waals surface area contributed by atoms with Crippen molar-refractivity contribution >= 4 is 10.0 Å². The fraction of sp³-hybridized carbons (Fsp3) is 1.00. The minimum Gasteiger partial charge on any atom is -0.213 e. The van der Waals surface area contributed by atoms with Gasteiger partial charge in [-0.15, -0.1) is 0 Å². The summed E-state index contributed by atoms with van der Waals surface area (Å²) in [6.07, 6.45) is 8.97. The Hall–Kier alpha value is -0.0900. The van der Waals surface area contributed by atoms with Crippen LogP contribution in [0.1, 0.15) is 80.1 Å². The van der Waals surface area contributed by atoms with E-state index in [1.54, 1.807) is 4.31 Å². The van der Waals surface area contributed by atoms with Gasteiger partial charge in [0, 0.05) is 13.1 Å². The fourth-order valence-corrected chi connectivity index (χ4v) is 3.93. The predicted molar refractivity (Wildman–Crippen MR) is 97.6 cm³/mol. The van der Waals surface area contributed by atoms with Gasteiger partial charge in [0.05, 0.1) is 6.26 Å². The average molecular weight is 334 g/mol. The Labute approximate surface area is 139 Å². The number of hydrogen-bond donors (Lipinski definition) is 0. The second-order valence-electron chi connectivity index (χ2n) is 7.14. The Morgan fingerprint density at radius 2 is 1.50 bits per heavy atom. The van der Waals surface area contributed by atoms with E-state index in [1.165, 1.54) is 44.8 Å². The molecule has 0 amide bonds. The van der Waals surface area contributed by atoms with Crippen LogP contribution in [0.15, 0.2) is 0 Å². The topological polar surface area (TPSA) is 37.4 Å². The molecule has 2 rings (SSSR count). The molecular formula is C18H39NO2S. The zero-order valence-electron chi connectivity index (χ0n) is 16.0. The van der Waals surface area contributed by atoms with Crippen molar-refractivity contribution in [2.75, 3.05) is 19.3 Å². The van der Waals surface area contributed by atoms with Gasteiger partial charge >= 0.3 is 0 Å². The number of sulfonamides is 1. The summed E-state index contributed by atoms with van der Waals surface area (Å²) >= 11 is 0. The van der Waals surface area contributed by atoms with E-state index < -0.39 is 10.0 Å². The van der Waals surface area contributed by atoms with Gasteiger partial charge in [0.15, 0.2) is 0 Å². The van der Waals surface area contributed by atoms with Gasteiger partial charge in [0.2, 0.25) is 10.0 Å². The first-order valence-corrected chi connectivity index (χ1v) is 11.0. The lowest BCUT2D eigenvalue weighted by molar-refractivity contribution is 0.0183. The van der Waals surface area contributed by atoms with Crippen molar-refractivity contribution in [2.24, 2.45) is 17.3 Å². The van der Waals surface area contributed by atoms with Crippen LogP contribution < -0.4 is 0 Å². The first-order chi connectivity index (χ1) is 10.2. The predicted octanol–water partition coefficient (Wildman–Crippen LogP) is 4.93. The molecule has 22 heavy (non-hydrogen) atoms. The number of nitrogens with zero attached hydrogens (tertiary/aromatic N) is 1. The molecule has 0 aromatic carbocycles. The lowest BCUT2D eigenvalue weighted by Crippen LogP contribution is -2.58. The van der Waals surface area contributed by atoms with Gasteiger partial charge in [-0.2, -0.15) is 0 Å². The van der Waals surface area contributed by atoms with E-state index in [0.717, 1.165) is 24.9 Å². The Bertz CT molecular complexity index is 372. The second-order valence-corrected chi connectivity index (χ2v) is 9.12. The zero-order chi connectivity index (χ0) is 17.4. The Balaban J connectivity index is 0.000000470. The molecule has 1 aliphatic carbocycles. The van der Waals surface area contributed by atoms with Crippen molar-refractivity contribution in [2.45, 2.75) is 80.1 Å². The van der Waals surface area contributed by atoms with E-state index in [0.29, 0.717) is 5.41 Å². The molecular weight excluding hydrogens is 294 g/mol. The quantitative estimate of drug-likeness (QED) is 0.734. The summed E-state index contributed by atoms with van der Waals surface area (Å²) in [6, 6.07) is 0. The Kier molecular flexibility index (Phi) is 9.88. The van der Waals surface area contributed by atoms with E-state index in [4.69, 9.17) is 0 Å². The zero-order valence-corrected chi connectivity index (χ0v) is 16.8. The lowest BCUT2D eigenvalue weighted by atomic mass is 9.67. The van der Waals surface area contributed by atoms with Crippen LogP contribution in [0.25, 0.3) is 0 Å². The minimum atomic E-state index is -2.92. The average Bonchev–Trinajstić information content (AvgIpc) is 2.47. The highest BCUT2D eigenvalue weighted by atomic mass is 32.2. The molecule has 3 nitrogen and oxygen atoms in total. The molecule has 0 aromatic heterocycles. The summed E-state index contributed by atoms with van der Waals surface area (Å²) in [5, 5.41) is 0. The molecule has 4 heteroatoms. The third-order valence-electron chi connectivity index (χ3n) is 5.22. The van der Waals surface area contributed by atoms with E-state index in [-0.39, 0.29) is 0 Å². The largest absolute Gasteiger partial charge is 0.213 e. The molecule has 0 N–H and O–H groups in total. The maximum absolute atomic E-state index is 11.2. The smallest absolute Gasteiger partial charge is 0.211 e. The summed E-state index contributed by atoms with van der Waals surface area (Å²) in [5.74, 6) is 1.78. The molecule has 1 spiro atoms. The fourth-order valence-electron chi connectivity index (χ4n) is 2.92. The normalized spacial score (nSPS) is 21.5. The van der Waals surface area contributed by atoms with Gasteiger partial charge in [-0.05, 0) is 30.1 Å². The number of hydrogen-bond acceptors (Lipinski definition) is 2. The molecule has 1 heterocycles. The van der Waals surface area contributed by atoms with Crippen LogP contribution >= 0.6 is 0 Å². The standard InChI is InChI=1S/C10H19NO2S.C6H14.C2H6/c1-9-3-5-10(6-4-9)7-11(8-10)14(2,12)13;1-4-6(3)5-2;1-2/h9H,3-8H2,1-2H3;6H,4-5H2,1-3H3;1-2H3. The maximum atomic E-state index is 11.2. The highest BCUT2D eigenvalue weighted by Crippen LogP contribution is 2.46. The summed E-state index contributed by atoms with van der Waals surface area (Å²) in [6.45, 7) is 14.6. The molecule has 0 aromatic rings. The van der Waals surface area contributed by atoms with Gasteiger partial charge in [-0.1, -0.05) is 67.2 Å². The SMILES string of the molecule is CC.CC1CCC2(CC1)CN(S(C)(=O)=O)C2.CCC(C)CC. The van der Waals surface area contributed by atoms with Gasteiger partial charge in [0.1, 0.15) is 0 Å². The molecule has 134 valence electrons. The molecule has 0 atom stereocenters. The first kappa shape index (κ1) is 21.9. The van der Waals surface area contributed by atoms with E-state index in [1.807, 2.05) is 13.8 Å². The third kappa shape index (κ3) is 6.99. The molecule has 2 aliphatic rings. The summed E-state index contributed by atoms with van der Waals surface area (Å²) in [7, 11) is -2.92. The van der Waals surface area contributed by atoms with Gasteiger partial charge in [-0.3, -0.25) is 0 Å². The highest BCUT2D eigenvalue weighted by molar-refractivity contribution is 7.88. The van der Waals surface area contributed by atoms with Crippen LogP contribution in [0, 0.1) is 17.3 Å². The van der Waals surface area contributed by atoms with Crippen molar-refractivity contribution in [3.63, 3.8) is 0 Å². The van der Waals surface area contributed by atoms with Crippen LogP contribution in [0.4, 0.5) is 0 Å². The summed E-state index contributed by atoms with van der Waals surface area (Å²) in [5.41, 5.74) is 0.357. The third-order valence-corrected chi connectivity index (χ3v) is 6.42. The molecule has 0 unspecified atom stereocenters. The highest BCUT2D eigenvalue weighted by Gasteiger charge is 2.47. The van der Waals surface area contributed by atoms with Crippen molar-refractivity contribution in [1.29, 1.82) is 0 Å². The molecule has 0 bridgehead atoms. The second kappa shape index (κ2) is 9.92. The van der Waals surface area contributed by atoms with Crippen molar-refractivity contribution in [3.05, 3.63) is 0 Å². The Morgan fingerprint density at radius 3 is 1.77 bits per heavy atom. The van der Waals surface area contributed by atoms with Crippen molar-refractivity contribution in [1.82, 2.24) is 4.31 Å². The minimum absolute atomic E-state index is 0.357. The van der Waals surface area contributed by atoms with Gasteiger partial charge in [0.25, 0.3) is 0 Å². The summed E-state index contributed by atoms with van der Waals surface area (Å²) in [4.78, 5) is 0. The van der Waals surface area contributed by atoms with Crippen LogP contribution in [0.5, 0.6) is 0 Å². The first-order valence-electron chi connectivity index (χ1n) is 9.17. The van der Waals surface area contributed by atoms with Crippen LogP contribution in [-0.4, -0.2) is 32.1 Å². The van der Waals surface area contributed by atoms with Gasteiger partial charge in [-0.25, -0.2) is 12.7 Å². The van der Waals surface area contributed by atoms with Crippen LogP contribution in [-0.2, 0) is 10.0 Å². The summed E-state index contributed by atoms with van der Waals surface area (Å²) < 4.78 is 24.1. The molecule has 0 radical (unpaired) electrons. The maximum Gasteiger partial charge on any atom is 0.211 e. The van der Waals surface area contributed by atoms with Gasteiger partial charge < -0.3 is 0 Å². The molecule has 2 fully saturated rings. The van der Waals surface area contributed by atoms with Crippen molar-refractivity contribution < 1.29 is 8.42 Å². The van der Waals surface area contributed by atoms with Crippen LogP contribution in [0.3, 0.4) is 0 Å². The lowest BCUT2D eigenvalue weighted by Gasteiger charge is -2.52. The monoisotopic (exact) mass is 333 g/mol. The van der Waals surface area contributed by atoms with E-state index in [2.05, 4.69) is 27.7 Å². The van der Waals surface area contributed by atoms with Crippen molar-refractivity contribution in [3.8, 4) is 0 Å². The molecule has 1 saturated heterocycles. The Morgan fingerprint density at radius 1 is 1.09 bits per heavy atom. The number of rotatable bonds is 3. The van der Waals surface area contributed by atoms with E-state index in [9.17, 15) is 8.42 Å². The van der Waals surface area contributed by atoms with Crippen LogP contribution in [0.2, 0.25) is 0 Å². The van der Waals surface area contributed by atoms with E-state index >= 15 is 0 Å². The molecule has 1 saturated carbocycles.